The van der Waals surface area contributed by atoms with Crippen molar-refractivity contribution < 1.29 is 0 Å². The van der Waals surface area contributed by atoms with Gasteiger partial charge in [0.05, 0.1) is 5.54 Å². The molecule has 0 amide bonds. The van der Waals surface area contributed by atoms with Gasteiger partial charge in [0.25, 0.3) is 0 Å². The fourth-order valence-corrected chi connectivity index (χ4v) is 4.97. The molecule has 0 radical (unpaired) electrons. The topological polar surface area (TPSA) is 6.48 Å². The monoisotopic (exact) mass is 270 g/mol. The van der Waals surface area contributed by atoms with Crippen molar-refractivity contribution in [2.24, 2.45) is 5.92 Å². The molecule has 0 aliphatic carbocycles. The lowest BCUT2D eigenvalue weighted by Crippen LogP contribution is -2.44. The Labute approximate surface area is 122 Å². The third-order valence-electron chi connectivity index (χ3n) is 6.10. The van der Waals surface area contributed by atoms with Gasteiger partial charge in [-0.05, 0) is 38.6 Å². The van der Waals surface area contributed by atoms with Crippen LogP contribution in [0.4, 0.5) is 0 Å². The van der Waals surface area contributed by atoms with Crippen LogP contribution in [-0.4, -0.2) is 47.1 Å². The maximum absolute atomic E-state index is 2.70. The first-order chi connectivity index (χ1) is 9.62. The number of hydrogen-bond donors (Lipinski definition) is 0. The average molecular weight is 270 g/mol. The summed E-state index contributed by atoms with van der Waals surface area (Å²) in [5.41, 5.74) is 2.25. The smallest absolute Gasteiger partial charge is 0.0556 e. The van der Waals surface area contributed by atoms with Gasteiger partial charge < -0.3 is 0 Å². The van der Waals surface area contributed by atoms with Gasteiger partial charge in [0.15, 0.2) is 0 Å². The summed E-state index contributed by atoms with van der Waals surface area (Å²) in [7, 11) is 0. The lowest BCUT2D eigenvalue weighted by molar-refractivity contribution is 0.155. The maximum Gasteiger partial charge on any atom is 0.0556 e. The van der Waals surface area contributed by atoms with E-state index in [2.05, 4.69) is 54.0 Å². The second-order valence-electron chi connectivity index (χ2n) is 7.36. The van der Waals surface area contributed by atoms with E-state index in [0.717, 1.165) is 12.5 Å². The normalized spacial score (nSPS) is 41.2. The molecule has 2 nitrogen and oxygen atoms in total. The van der Waals surface area contributed by atoms with Crippen molar-refractivity contribution in [1.82, 2.24) is 9.80 Å². The summed E-state index contributed by atoms with van der Waals surface area (Å²) in [6.07, 6.45) is 16.1. The predicted octanol–water partition coefficient (Wildman–Crippen LogP) is 2.99. The lowest BCUT2D eigenvalue weighted by Gasteiger charge is -2.37. The Morgan fingerprint density at radius 2 is 2.00 bits per heavy atom. The zero-order valence-corrected chi connectivity index (χ0v) is 12.8. The predicted molar refractivity (Wildman–Crippen MR) is 83.7 cm³/mol. The van der Waals surface area contributed by atoms with Crippen LogP contribution < -0.4 is 0 Å². The van der Waals surface area contributed by atoms with Crippen LogP contribution in [0.15, 0.2) is 36.0 Å². The molecule has 4 aliphatic rings. The fraction of sp³-hybridized carbons (Fsp3) is 0.667. The van der Waals surface area contributed by atoms with Crippen LogP contribution in [0, 0.1) is 5.92 Å². The SMILES string of the molecule is CC(CC1=CC2(C)C=CCN2C1)C12C=CCN1CCC2. The van der Waals surface area contributed by atoms with E-state index in [9.17, 15) is 0 Å². The summed E-state index contributed by atoms with van der Waals surface area (Å²) in [6, 6.07) is 0. The molecule has 4 aliphatic heterocycles. The Morgan fingerprint density at radius 1 is 1.20 bits per heavy atom. The third-order valence-corrected chi connectivity index (χ3v) is 6.10. The van der Waals surface area contributed by atoms with Crippen LogP contribution in [0.25, 0.3) is 0 Å². The van der Waals surface area contributed by atoms with Crippen LogP contribution in [0.5, 0.6) is 0 Å². The Morgan fingerprint density at radius 3 is 2.85 bits per heavy atom. The maximum atomic E-state index is 2.70. The summed E-state index contributed by atoms with van der Waals surface area (Å²) >= 11 is 0. The second-order valence-corrected chi connectivity index (χ2v) is 7.36. The van der Waals surface area contributed by atoms with Gasteiger partial charge >= 0.3 is 0 Å². The molecule has 1 fully saturated rings. The van der Waals surface area contributed by atoms with Gasteiger partial charge in [-0.2, -0.15) is 0 Å². The van der Waals surface area contributed by atoms with Crippen LogP contribution >= 0.6 is 0 Å². The summed E-state index contributed by atoms with van der Waals surface area (Å²) < 4.78 is 0. The van der Waals surface area contributed by atoms with Gasteiger partial charge in [0, 0.05) is 25.2 Å². The Balaban J connectivity index is 1.51. The zero-order chi connectivity index (χ0) is 13.8. The van der Waals surface area contributed by atoms with E-state index in [1.807, 2.05) is 0 Å². The largest absolute Gasteiger partial charge is 0.290 e. The molecule has 0 bridgehead atoms. The van der Waals surface area contributed by atoms with Crippen LogP contribution in [0.2, 0.25) is 0 Å². The summed E-state index contributed by atoms with van der Waals surface area (Å²) in [6.45, 7) is 9.59. The van der Waals surface area contributed by atoms with Crippen LogP contribution in [0.1, 0.15) is 33.1 Å². The van der Waals surface area contributed by atoms with Gasteiger partial charge in [-0.25, -0.2) is 0 Å². The van der Waals surface area contributed by atoms with Gasteiger partial charge in [-0.3, -0.25) is 9.80 Å². The molecule has 0 saturated carbocycles. The van der Waals surface area contributed by atoms with Crippen molar-refractivity contribution >= 4 is 0 Å². The van der Waals surface area contributed by atoms with Crippen molar-refractivity contribution in [2.75, 3.05) is 26.2 Å². The molecule has 0 aromatic rings. The fourth-order valence-electron chi connectivity index (χ4n) is 4.97. The lowest BCUT2D eigenvalue weighted by atomic mass is 9.80. The minimum absolute atomic E-state index is 0.216. The summed E-state index contributed by atoms with van der Waals surface area (Å²) in [5.74, 6) is 0.739. The van der Waals surface area contributed by atoms with Crippen molar-refractivity contribution in [3.05, 3.63) is 36.0 Å². The molecule has 20 heavy (non-hydrogen) atoms. The molecular weight excluding hydrogens is 244 g/mol. The molecule has 4 rings (SSSR count). The summed E-state index contributed by atoms with van der Waals surface area (Å²) in [4.78, 5) is 5.29. The molecule has 0 spiro atoms. The molecule has 2 heteroatoms. The van der Waals surface area contributed by atoms with Crippen molar-refractivity contribution in [3.8, 4) is 0 Å². The van der Waals surface area contributed by atoms with Gasteiger partial charge in [0.1, 0.15) is 0 Å². The highest BCUT2D eigenvalue weighted by molar-refractivity contribution is 5.34. The molecule has 1 saturated heterocycles. The van der Waals surface area contributed by atoms with Crippen molar-refractivity contribution in [1.29, 1.82) is 0 Å². The van der Waals surface area contributed by atoms with Gasteiger partial charge in [-0.1, -0.05) is 42.9 Å². The molecule has 3 unspecified atom stereocenters. The van der Waals surface area contributed by atoms with E-state index in [4.69, 9.17) is 0 Å². The van der Waals surface area contributed by atoms with E-state index in [1.165, 1.54) is 38.9 Å². The molecule has 0 aromatic carbocycles. The quantitative estimate of drug-likeness (QED) is 0.728. The number of rotatable bonds is 3. The Hall–Kier alpha value is -0.860. The summed E-state index contributed by atoms with van der Waals surface area (Å²) in [5, 5.41) is 0. The molecule has 108 valence electrons. The number of fused-ring (bicyclic) bond motifs is 2. The highest BCUT2D eigenvalue weighted by atomic mass is 15.2. The first-order valence-electron chi connectivity index (χ1n) is 8.18. The standard InChI is InChI=1S/C18H26N2/c1-15(18-7-4-9-19(18)10-5-8-18)12-16-13-17(2)6-3-11-20(17)14-16/h3-4,6-7,13,15H,5,8-12,14H2,1-2H3. The third kappa shape index (κ3) is 1.71. The highest BCUT2D eigenvalue weighted by Gasteiger charge is 2.46. The molecular formula is C18H26N2. The van der Waals surface area contributed by atoms with Crippen molar-refractivity contribution in [2.45, 2.75) is 44.2 Å². The van der Waals surface area contributed by atoms with E-state index < -0.39 is 0 Å². The van der Waals surface area contributed by atoms with E-state index >= 15 is 0 Å². The van der Waals surface area contributed by atoms with Crippen LogP contribution in [-0.2, 0) is 0 Å². The average Bonchev–Trinajstić information content (AvgIpc) is 3.05. The van der Waals surface area contributed by atoms with Crippen LogP contribution in [0.3, 0.4) is 0 Å². The Bertz CT molecular complexity index is 504. The molecule has 0 aromatic heterocycles. The van der Waals surface area contributed by atoms with Gasteiger partial charge in [-0.15, -0.1) is 0 Å². The minimum Gasteiger partial charge on any atom is -0.290 e. The molecule has 4 heterocycles. The number of nitrogens with zero attached hydrogens (tertiary/aromatic N) is 2. The minimum atomic E-state index is 0.216. The first kappa shape index (κ1) is 12.8. The zero-order valence-electron chi connectivity index (χ0n) is 12.8. The van der Waals surface area contributed by atoms with Crippen molar-refractivity contribution in [3.63, 3.8) is 0 Å². The number of hydrogen-bond acceptors (Lipinski definition) is 2. The molecule has 0 N–H and O–H groups in total. The molecule has 3 atom stereocenters. The second kappa shape index (κ2) is 4.32. The van der Waals surface area contributed by atoms with E-state index in [1.54, 1.807) is 5.57 Å². The van der Waals surface area contributed by atoms with E-state index in [-0.39, 0.29) is 5.54 Å². The first-order valence-corrected chi connectivity index (χ1v) is 8.18. The van der Waals surface area contributed by atoms with E-state index in [0.29, 0.717) is 5.54 Å². The Kier molecular flexibility index (Phi) is 2.77. The highest BCUT2D eigenvalue weighted by Crippen LogP contribution is 2.44. The van der Waals surface area contributed by atoms with Gasteiger partial charge in [0.2, 0.25) is 0 Å².